The van der Waals surface area contributed by atoms with E-state index in [2.05, 4.69) is 16.0 Å². The van der Waals surface area contributed by atoms with Gasteiger partial charge in [0.25, 0.3) is 0 Å². The van der Waals surface area contributed by atoms with Gasteiger partial charge in [0.05, 0.1) is 5.69 Å². The number of aromatic nitrogens is 3. The van der Waals surface area contributed by atoms with Crippen LogP contribution in [0.15, 0.2) is 48.9 Å². The second-order valence-corrected chi connectivity index (χ2v) is 4.52. The van der Waals surface area contributed by atoms with Crippen molar-refractivity contribution in [3.8, 4) is 11.3 Å². The van der Waals surface area contributed by atoms with E-state index in [0.29, 0.717) is 6.54 Å². The van der Waals surface area contributed by atoms with Crippen molar-refractivity contribution >= 4 is 5.65 Å². The smallest absolute Gasteiger partial charge is 0.137 e. The van der Waals surface area contributed by atoms with Crippen LogP contribution in [0, 0.1) is 0 Å². The predicted octanol–water partition coefficient (Wildman–Crippen LogP) is 2.29. The third kappa shape index (κ3) is 2.48. The number of hydrogen-bond acceptors (Lipinski definition) is 3. The molecule has 3 heterocycles. The molecule has 3 rings (SSSR count). The Hall–Kier alpha value is -2.20. The summed E-state index contributed by atoms with van der Waals surface area (Å²) in [5, 5.41) is 0. The standard InChI is InChI=1S/C15H16N4/c16-7-3-4-13-10-12(6-8-17-13)14-11-19-9-2-1-5-15(19)18-14/h1-2,5-6,8-11H,3-4,7,16H2. The summed E-state index contributed by atoms with van der Waals surface area (Å²) in [4.78, 5) is 8.98. The van der Waals surface area contributed by atoms with E-state index >= 15 is 0 Å². The van der Waals surface area contributed by atoms with Gasteiger partial charge < -0.3 is 10.1 Å². The van der Waals surface area contributed by atoms with E-state index in [4.69, 9.17) is 5.73 Å². The number of hydrogen-bond donors (Lipinski definition) is 1. The van der Waals surface area contributed by atoms with E-state index in [9.17, 15) is 0 Å². The highest BCUT2D eigenvalue weighted by Crippen LogP contribution is 2.19. The topological polar surface area (TPSA) is 56.2 Å². The fourth-order valence-electron chi connectivity index (χ4n) is 2.13. The van der Waals surface area contributed by atoms with Gasteiger partial charge >= 0.3 is 0 Å². The molecule has 96 valence electrons. The SMILES string of the molecule is NCCCc1cc(-c2cn3ccccc3n2)ccn1. The van der Waals surface area contributed by atoms with Crippen LogP contribution < -0.4 is 5.73 Å². The molecule has 0 aliphatic carbocycles. The monoisotopic (exact) mass is 252 g/mol. The summed E-state index contributed by atoms with van der Waals surface area (Å²) in [5.41, 5.74) is 9.64. The van der Waals surface area contributed by atoms with Crippen molar-refractivity contribution in [3.63, 3.8) is 0 Å². The Morgan fingerprint density at radius 1 is 1.21 bits per heavy atom. The van der Waals surface area contributed by atoms with Gasteiger partial charge in [0.1, 0.15) is 5.65 Å². The molecule has 0 amide bonds. The zero-order chi connectivity index (χ0) is 13.1. The van der Waals surface area contributed by atoms with Gasteiger partial charge in [-0.1, -0.05) is 6.07 Å². The van der Waals surface area contributed by atoms with Crippen molar-refractivity contribution in [3.05, 3.63) is 54.6 Å². The Kier molecular flexibility index (Phi) is 3.25. The summed E-state index contributed by atoms with van der Waals surface area (Å²) in [6, 6.07) is 10.1. The molecule has 0 saturated heterocycles. The van der Waals surface area contributed by atoms with Crippen molar-refractivity contribution in [2.45, 2.75) is 12.8 Å². The normalized spacial score (nSPS) is 11.0. The van der Waals surface area contributed by atoms with Crippen LogP contribution in [-0.2, 0) is 6.42 Å². The molecule has 0 radical (unpaired) electrons. The van der Waals surface area contributed by atoms with Gasteiger partial charge in [-0.3, -0.25) is 4.98 Å². The molecule has 0 bridgehead atoms. The summed E-state index contributed by atoms with van der Waals surface area (Å²) in [7, 11) is 0. The lowest BCUT2D eigenvalue weighted by Gasteiger charge is -2.01. The maximum atomic E-state index is 5.53. The number of nitrogens with zero attached hydrogens (tertiary/aromatic N) is 3. The van der Waals surface area contributed by atoms with Gasteiger partial charge in [0.2, 0.25) is 0 Å². The number of aryl methyl sites for hydroxylation is 1. The fourth-order valence-corrected chi connectivity index (χ4v) is 2.13. The van der Waals surface area contributed by atoms with Gasteiger partial charge in [0.15, 0.2) is 0 Å². The van der Waals surface area contributed by atoms with Crippen molar-refractivity contribution in [1.29, 1.82) is 0 Å². The summed E-state index contributed by atoms with van der Waals surface area (Å²) < 4.78 is 2.02. The van der Waals surface area contributed by atoms with E-state index in [1.165, 1.54) is 0 Å². The Morgan fingerprint density at radius 2 is 2.16 bits per heavy atom. The van der Waals surface area contributed by atoms with E-state index in [0.717, 1.165) is 35.4 Å². The molecule has 0 aromatic carbocycles. The Balaban J connectivity index is 1.96. The Labute approximate surface area is 111 Å². The quantitative estimate of drug-likeness (QED) is 0.775. The van der Waals surface area contributed by atoms with Gasteiger partial charge in [-0.05, 0) is 43.7 Å². The molecule has 0 aliphatic rings. The van der Waals surface area contributed by atoms with Crippen molar-refractivity contribution in [2.75, 3.05) is 6.54 Å². The lowest BCUT2D eigenvalue weighted by molar-refractivity contribution is 0.811. The minimum absolute atomic E-state index is 0.695. The summed E-state index contributed by atoms with van der Waals surface area (Å²) >= 11 is 0. The minimum atomic E-state index is 0.695. The molecule has 0 aliphatic heterocycles. The number of pyridine rings is 2. The second kappa shape index (κ2) is 5.20. The second-order valence-electron chi connectivity index (χ2n) is 4.52. The molecule has 4 nitrogen and oxygen atoms in total. The molecular weight excluding hydrogens is 236 g/mol. The highest BCUT2D eigenvalue weighted by Gasteiger charge is 2.05. The number of nitrogens with two attached hydrogens (primary N) is 1. The van der Waals surface area contributed by atoms with Crippen LogP contribution in [0.2, 0.25) is 0 Å². The Morgan fingerprint density at radius 3 is 3.00 bits per heavy atom. The van der Waals surface area contributed by atoms with Gasteiger partial charge in [-0.15, -0.1) is 0 Å². The van der Waals surface area contributed by atoms with Crippen LogP contribution in [0.25, 0.3) is 16.9 Å². The number of fused-ring (bicyclic) bond motifs is 1. The molecular formula is C15H16N4. The van der Waals surface area contributed by atoms with Crippen LogP contribution >= 0.6 is 0 Å². The van der Waals surface area contributed by atoms with Crippen molar-refractivity contribution in [2.24, 2.45) is 5.73 Å². The largest absolute Gasteiger partial charge is 0.330 e. The first-order chi connectivity index (χ1) is 9.36. The molecule has 4 heteroatoms. The first-order valence-corrected chi connectivity index (χ1v) is 6.46. The maximum absolute atomic E-state index is 5.53. The van der Waals surface area contributed by atoms with Crippen LogP contribution in [0.1, 0.15) is 12.1 Å². The van der Waals surface area contributed by atoms with Gasteiger partial charge in [-0.2, -0.15) is 0 Å². The van der Waals surface area contributed by atoms with Gasteiger partial charge in [-0.25, -0.2) is 4.98 Å². The van der Waals surface area contributed by atoms with Crippen LogP contribution in [0.3, 0.4) is 0 Å². The summed E-state index contributed by atoms with van der Waals surface area (Å²) in [6.07, 6.45) is 7.75. The molecule has 0 spiro atoms. The van der Waals surface area contributed by atoms with E-state index in [-0.39, 0.29) is 0 Å². The predicted molar refractivity (Wildman–Crippen MR) is 75.8 cm³/mol. The third-order valence-electron chi connectivity index (χ3n) is 3.11. The van der Waals surface area contributed by atoms with Crippen molar-refractivity contribution in [1.82, 2.24) is 14.4 Å². The molecule has 0 atom stereocenters. The van der Waals surface area contributed by atoms with E-state index in [1.54, 1.807) is 0 Å². The first kappa shape index (κ1) is 11.9. The molecule has 19 heavy (non-hydrogen) atoms. The molecule has 0 fully saturated rings. The first-order valence-electron chi connectivity index (χ1n) is 6.46. The van der Waals surface area contributed by atoms with Crippen LogP contribution in [0.5, 0.6) is 0 Å². The number of rotatable bonds is 4. The molecule has 0 saturated carbocycles. The molecule has 2 N–H and O–H groups in total. The average molecular weight is 252 g/mol. The third-order valence-corrected chi connectivity index (χ3v) is 3.11. The lowest BCUT2D eigenvalue weighted by Crippen LogP contribution is -2.01. The number of imidazole rings is 1. The van der Waals surface area contributed by atoms with Gasteiger partial charge in [0, 0.05) is 29.8 Å². The van der Waals surface area contributed by atoms with Crippen LogP contribution in [-0.4, -0.2) is 20.9 Å². The zero-order valence-corrected chi connectivity index (χ0v) is 10.7. The summed E-state index contributed by atoms with van der Waals surface area (Å²) in [5.74, 6) is 0. The van der Waals surface area contributed by atoms with E-state index < -0.39 is 0 Å². The average Bonchev–Trinajstić information content (AvgIpc) is 2.89. The van der Waals surface area contributed by atoms with Crippen LogP contribution in [0.4, 0.5) is 0 Å². The lowest BCUT2D eigenvalue weighted by atomic mass is 10.1. The molecule has 0 unspecified atom stereocenters. The highest BCUT2D eigenvalue weighted by atomic mass is 15.0. The summed E-state index contributed by atoms with van der Waals surface area (Å²) in [6.45, 7) is 0.695. The minimum Gasteiger partial charge on any atom is -0.330 e. The molecule has 3 aromatic rings. The zero-order valence-electron chi connectivity index (χ0n) is 10.7. The highest BCUT2D eigenvalue weighted by molar-refractivity contribution is 5.62. The fraction of sp³-hybridized carbons (Fsp3) is 0.200. The Bertz CT molecular complexity index is 654. The van der Waals surface area contributed by atoms with E-state index in [1.807, 2.05) is 47.3 Å². The van der Waals surface area contributed by atoms with Crippen molar-refractivity contribution < 1.29 is 0 Å². The maximum Gasteiger partial charge on any atom is 0.137 e. The molecule has 3 aromatic heterocycles.